The second-order valence-electron chi connectivity index (χ2n) is 4.91. The van der Waals surface area contributed by atoms with E-state index in [0.29, 0.717) is 17.9 Å². The number of ketones is 1. The van der Waals surface area contributed by atoms with Crippen molar-refractivity contribution >= 4 is 11.8 Å². The molecule has 0 aliphatic heterocycles. The predicted octanol–water partition coefficient (Wildman–Crippen LogP) is 2.97. The van der Waals surface area contributed by atoms with Gasteiger partial charge in [-0.25, -0.2) is 4.79 Å². The molecule has 0 radical (unpaired) electrons. The first-order chi connectivity index (χ1) is 11.1. The fourth-order valence-corrected chi connectivity index (χ4v) is 2.06. The fraction of sp³-hybridized carbons (Fsp3) is 0.222. The van der Waals surface area contributed by atoms with Crippen LogP contribution in [0.25, 0.3) is 0 Å². The molecule has 0 heterocycles. The van der Waals surface area contributed by atoms with E-state index in [1.807, 2.05) is 6.92 Å². The van der Waals surface area contributed by atoms with Gasteiger partial charge in [-0.05, 0) is 48.9 Å². The van der Waals surface area contributed by atoms with Crippen LogP contribution in [0.1, 0.15) is 22.8 Å². The van der Waals surface area contributed by atoms with Crippen molar-refractivity contribution in [3.05, 3.63) is 59.7 Å². The van der Waals surface area contributed by atoms with E-state index in [0.717, 1.165) is 5.75 Å². The minimum atomic E-state index is -1.01. The lowest BCUT2D eigenvalue weighted by Crippen LogP contribution is -2.14. The molecule has 2 aromatic carbocycles. The van der Waals surface area contributed by atoms with Gasteiger partial charge in [0.2, 0.25) is 0 Å². The van der Waals surface area contributed by atoms with Crippen molar-refractivity contribution in [3.63, 3.8) is 0 Å². The molecule has 0 aliphatic carbocycles. The molecule has 0 saturated heterocycles. The van der Waals surface area contributed by atoms with Crippen LogP contribution in [0.4, 0.5) is 0 Å². The average Bonchev–Trinajstić information content (AvgIpc) is 2.55. The summed E-state index contributed by atoms with van der Waals surface area (Å²) in [5.74, 6) is 0.198. The molecule has 0 saturated carbocycles. The highest BCUT2D eigenvalue weighted by molar-refractivity contribution is 5.88. The lowest BCUT2D eigenvalue weighted by atomic mass is 10.1. The van der Waals surface area contributed by atoms with Crippen LogP contribution in [-0.4, -0.2) is 30.1 Å². The van der Waals surface area contributed by atoms with Crippen molar-refractivity contribution in [1.82, 2.24) is 0 Å². The molecule has 0 atom stereocenters. The standard InChI is InChI=1S/C18H18O5/c1-2-22-16-6-8-17(9-7-16)23-12-15(19)11-13-4-3-5-14(10-13)18(20)21/h3-10H,2,11-12H2,1H3,(H,20,21). The Morgan fingerprint density at radius 3 is 2.26 bits per heavy atom. The van der Waals surface area contributed by atoms with Gasteiger partial charge in [-0.2, -0.15) is 0 Å². The van der Waals surface area contributed by atoms with Crippen LogP contribution in [0.3, 0.4) is 0 Å². The Kier molecular flexibility index (Phi) is 5.74. The minimum absolute atomic E-state index is 0.0642. The number of Topliss-reactive ketones (excluding diaryl/α,β-unsaturated/α-hetero) is 1. The zero-order valence-electron chi connectivity index (χ0n) is 12.8. The van der Waals surface area contributed by atoms with Crippen LogP contribution in [0, 0.1) is 0 Å². The monoisotopic (exact) mass is 314 g/mol. The maximum Gasteiger partial charge on any atom is 0.335 e. The van der Waals surface area contributed by atoms with Crippen molar-refractivity contribution in [2.24, 2.45) is 0 Å². The van der Waals surface area contributed by atoms with Gasteiger partial charge in [0.1, 0.15) is 18.1 Å². The molecule has 0 amide bonds. The van der Waals surface area contributed by atoms with E-state index in [2.05, 4.69) is 0 Å². The third-order valence-corrected chi connectivity index (χ3v) is 3.11. The number of hydrogen-bond acceptors (Lipinski definition) is 4. The lowest BCUT2D eigenvalue weighted by molar-refractivity contribution is -0.120. The first-order valence-electron chi connectivity index (χ1n) is 7.28. The number of aromatic carboxylic acids is 1. The summed E-state index contributed by atoms with van der Waals surface area (Å²) in [6, 6.07) is 13.4. The van der Waals surface area contributed by atoms with Crippen LogP contribution in [0.5, 0.6) is 11.5 Å². The van der Waals surface area contributed by atoms with E-state index < -0.39 is 5.97 Å². The first kappa shape index (κ1) is 16.5. The third kappa shape index (κ3) is 5.14. The Bertz CT molecular complexity index is 676. The van der Waals surface area contributed by atoms with Crippen LogP contribution in [0.15, 0.2) is 48.5 Å². The molecular formula is C18H18O5. The molecule has 1 N–H and O–H groups in total. The molecule has 2 rings (SSSR count). The summed E-state index contributed by atoms with van der Waals surface area (Å²) < 4.78 is 10.8. The van der Waals surface area contributed by atoms with E-state index in [4.69, 9.17) is 14.6 Å². The predicted molar refractivity (Wildman–Crippen MR) is 85.2 cm³/mol. The molecule has 0 spiro atoms. The fourth-order valence-electron chi connectivity index (χ4n) is 2.06. The summed E-state index contributed by atoms with van der Waals surface area (Å²) in [6.07, 6.45) is 0.137. The summed E-state index contributed by atoms with van der Waals surface area (Å²) in [5, 5.41) is 8.94. The lowest BCUT2D eigenvalue weighted by Gasteiger charge is -2.07. The number of benzene rings is 2. The molecule has 0 fully saturated rings. The molecule has 5 nitrogen and oxygen atoms in total. The molecule has 120 valence electrons. The van der Waals surface area contributed by atoms with Crippen LogP contribution in [0.2, 0.25) is 0 Å². The Morgan fingerprint density at radius 1 is 1.00 bits per heavy atom. The van der Waals surface area contributed by atoms with Gasteiger partial charge in [0.25, 0.3) is 0 Å². The molecule has 0 aromatic heterocycles. The highest BCUT2D eigenvalue weighted by atomic mass is 16.5. The Labute approximate surface area is 134 Å². The van der Waals surface area contributed by atoms with Gasteiger partial charge in [0, 0.05) is 6.42 Å². The van der Waals surface area contributed by atoms with Gasteiger partial charge < -0.3 is 14.6 Å². The highest BCUT2D eigenvalue weighted by Crippen LogP contribution is 2.17. The van der Waals surface area contributed by atoms with E-state index in [1.165, 1.54) is 12.1 Å². The van der Waals surface area contributed by atoms with Gasteiger partial charge in [0.05, 0.1) is 12.2 Å². The van der Waals surface area contributed by atoms with Crippen molar-refractivity contribution in [2.45, 2.75) is 13.3 Å². The topological polar surface area (TPSA) is 72.8 Å². The van der Waals surface area contributed by atoms with Crippen LogP contribution >= 0.6 is 0 Å². The summed E-state index contributed by atoms with van der Waals surface area (Å²) in [5.41, 5.74) is 0.827. The van der Waals surface area contributed by atoms with Gasteiger partial charge in [0.15, 0.2) is 5.78 Å². The molecule has 23 heavy (non-hydrogen) atoms. The first-order valence-corrected chi connectivity index (χ1v) is 7.28. The van der Waals surface area contributed by atoms with E-state index >= 15 is 0 Å². The normalized spacial score (nSPS) is 10.1. The number of carboxylic acid groups (broad SMARTS) is 1. The number of carbonyl (C=O) groups is 2. The van der Waals surface area contributed by atoms with Crippen molar-refractivity contribution in [3.8, 4) is 11.5 Å². The third-order valence-electron chi connectivity index (χ3n) is 3.11. The number of ether oxygens (including phenoxy) is 2. The average molecular weight is 314 g/mol. The van der Waals surface area contributed by atoms with Gasteiger partial charge in [-0.3, -0.25) is 4.79 Å². The Balaban J connectivity index is 1.87. The van der Waals surface area contributed by atoms with Crippen molar-refractivity contribution in [2.75, 3.05) is 13.2 Å². The quantitative estimate of drug-likeness (QED) is 0.811. The second-order valence-corrected chi connectivity index (χ2v) is 4.91. The van der Waals surface area contributed by atoms with Crippen LogP contribution in [-0.2, 0) is 11.2 Å². The molecule has 0 bridgehead atoms. The largest absolute Gasteiger partial charge is 0.494 e. The van der Waals surface area contributed by atoms with Gasteiger partial charge >= 0.3 is 5.97 Å². The molecule has 0 aliphatic rings. The van der Waals surface area contributed by atoms with E-state index in [-0.39, 0.29) is 24.4 Å². The summed E-state index contributed by atoms with van der Waals surface area (Å²) in [6.45, 7) is 2.43. The summed E-state index contributed by atoms with van der Waals surface area (Å²) >= 11 is 0. The van der Waals surface area contributed by atoms with E-state index in [1.54, 1.807) is 36.4 Å². The maximum absolute atomic E-state index is 11.9. The zero-order valence-corrected chi connectivity index (χ0v) is 12.8. The van der Waals surface area contributed by atoms with E-state index in [9.17, 15) is 9.59 Å². The molecular weight excluding hydrogens is 296 g/mol. The zero-order chi connectivity index (χ0) is 16.7. The SMILES string of the molecule is CCOc1ccc(OCC(=O)Cc2cccc(C(=O)O)c2)cc1. The number of rotatable bonds is 8. The summed E-state index contributed by atoms with van der Waals surface area (Å²) in [7, 11) is 0. The smallest absolute Gasteiger partial charge is 0.335 e. The Morgan fingerprint density at radius 2 is 1.65 bits per heavy atom. The number of hydrogen-bond donors (Lipinski definition) is 1. The molecule has 2 aromatic rings. The minimum Gasteiger partial charge on any atom is -0.494 e. The van der Waals surface area contributed by atoms with Gasteiger partial charge in [-0.1, -0.05) is 12.1 Å². The molecule has 5 heteroatoms. The Hall–Kier alpha value is -2.82. The van der Waals surface area contributed by atoms with Crippen LogP contribution < -0.4 is 9.47 Å². The maximum atomic E-state index is 11.9. The molecule has 0 unspecified atom stereocenters. The van der Waals surface area contributed by atoms with Gasteiger partial charge in [-0.15, -0.1) is 0 Å². The summed E-state index contributed by atoms with van der Waals surface area (Å²) in [4.78, 5) is 22.8. The number of carboxylic acids is 1. The highest BCUT2D eigenvalue weighted by Gasteiger charge is 2.08. The van der Waals surface area contributed by atoms with Crippen molar-refractivity contribution < 1.29 is 24.2 Å². The second kappa shape index (κ2) is 7.98. The van der Waals surface area contributed by atoms with Crippen molar-refractivity contribution in [1.29, 1.82) is 0 Å². The number of carbonyl (C=O) groups excluding carboxylic acids is 1.